The number of carbonyl (C=O) groups is 1. The van der Waals surface area contributed by atoms with Crippen molar-refractivity contribution < 1.29 is 14.4 Å². The SMILES string of the molecule is Cc1ccc(Nc2nc3cc(C(=O)NO)ccc3o2)cc1. The standard InChI is InChI=1S/C15H13N3O3/c1-9-2-5-11(6-3-9)16-15-17-12-8-10(14(19)18-20)4-7-13(12)21-15/h2-8,20H,1H3,(H,16,17)(H,18,19). The Morgan fingerprint density at radius 1 is 1.19 bits per heavy atom. The predicted molar refractivity (Wildman–Crippen MR) is 77.7 cm³/mol. The lowest BCUT2D eigenvalue weighted by Gasteiger charge is -2.00. The van der Waals surface area contributed by atoms with Gasteiger partial charge in [-0.25, -0.2) is 5.48 Å². The number of carbonyl (C=O) groups excluding carboxylic acids is 1. The molecule has 0 saturated carbocycles. The lowest BCUT2D eigenvalue weighted by molar-refractivity contribution is 0.0706. The molecule has 0 unspecified atom stereocenters. The summed E-state index contributed by atoms with van der Waals surface area (Å²) in [7, 11) is 0. The third-order valence-electron chi connectivity index (χ3n) is 3.05. The molecule has 0 saturated heterocycles. The molecule has 1 aromatic heterocycles. The summed E-state index contributed by atoms with van der Waals surface area (Å²) in [6.07, 6.45) is 0. The van der Waals surface area contributed by atoms with Crippen LogP contribution in [0.3, 0.4) is 0 Å². The van der Waals surface area contributed by atoms with Crippen molar-refractivity contribution >= 4 is 28.7 Å². The molecule has 3 aromatic rings. The minimum atomic E-state index is -0.590. The van der Waals surface area contributed by atoms with Crippen molar-refractivity contribution in [3.63, 3.8) is 0 Å². The Labute approximate surface area is 120 Å². The van der Waals surface area contributed by atoms with Crippen LogP contribution in [0.2, 0.25) is 0 Å². The Balaban J connectivity index is 1.90. The Hall–Kier alpha value is -2.86. The van der Waals surface area contributed by atoms with Crippen LogP contribution < -0.4 is 10.8 Å². The van der Waals surface area contributed by atoms with Gasteiger partial charge in [0.15, 0.2) is 5.58 Å². The zero-order valence-corrected chi connectivity index (χ0v) is 11.3. The summed E-state index contributed by atoms with van der Waals surface area (Å²) < 4.78 is 5.55. The monoisotopic (exact) mass is 283 g/mol. The van der Waals surface area contributed by atoms with Gasteiger partial charge < -0.3 is 9.73 Å². The molecule has 0 aliphatic rings. The number of fused-ring (bicyclic) bond motifs is 1. The summed E-state index contributed by atoms with van der Waals surface area (Å²) in [5.74, 6) is -0.590. The maximum Gasteiger partial charge on any atom is 0.300 e. The van der Waals surface area contributed by atoms with Crippen molar-refractivity contribution in [1.82, 2.24) is 10.5 Å². The van der Waals surface area contributed by atoms with Gasteiger partial charge in [-0.2, -0.15) is 4.98 Å². The molecule has 1 amide bonds. The Kier molecular flexibility index (Phi) is 3.29. The van der Waals surface area contributed by atoms with Gasteiger partial charge in [-0.3, -0.25) is 10.0 Å². The quantitative estimate of drug-likeness (QED) is 0.508. The smallest absolute Gasteiger partial charge is 0.300 e. The first-order chi connectivity index (χ1) is 10.2. The van der Waals surface area contributed by atoms with Crippen LogP contribution in [0.15, 0.2) is 46.9 Å². The maximum atomic E-state index is 11.4. The number of nitrogens with zero attached hydrogens (tertiary/aromatic N) is 1. The number of amides is 1. The van der Waals surface area contributed by atoms with Gasteiger partial charge >= 0.3 is 0 Å². The summed E-state index contributed by atoms with van der Waals surface area (Å²) in [6.45, 7) is 2.01. The highest BCUT2D eigenvalue weighted by atomic mass is 16.5. The molecule has 3 N–H and O–H groups in total. The third-order valence-corrected chi connectivity index (χ3v) is 3.05. The predicted octanol–water partition coefficient (Wildman–Crippen LogP) is 3.00. The number of hydrogen-bond donors (Lipinski definition) is 3. The van der Waals surface area contributed by atoms with Gasteiger partial charge in [0.1, 0.15) is 5.52 Å². The second-order valence-corrected chi connectivity index (χ2v) is 4.63. The van der Waals surface area contributed by atoms with Crippen molar-refractivity contribution in [2.24, 2.45) is 0 Å². The number of oxazole rings is 1. The molecule has 106 valence electrons. The van der Waals surface area contributed by atoms with E-state index in [-0.39, 0.29) is 0 Å². The van der Waals surface area contributed by atoms with E-state index in [1.165, 1.54) is 0 Å². The molecular formula is C15H13N3O3. The first kappa shape index (κ1) is 13.1. The van der Waals surface area contributed by atoms with Gasteiger partial charge in [-0.15, -0.1) is 0 Å². The van der Waals surface area contributed by atoms with Crippen LogP contribution in [-0.2, 0) is 0 Å². The third kappa shape index (κ3) is 2.70. The average Bonchev–Trinajstić information content (AvgIpc) is 2.90. The summed E-state index contributed by atoms with van der Waals surface area (Å²) in [5, 5.41) is 11.7. The number of aromatic nitrogens is 1. The lowest BCUT2D eigenvalue weighted by atomic mass is 10.2. The van der Waals surface area contributed by atoms with Crippen LogP contribution in [0.25, 0.3) is 11.1 Å². The highest BCUT2D eigenvalue weighted by molar-refractivity contribution is 5.96. The average molecular weight is 283 g/mol. The highest BCUT2D eigenvalue weighted by Gasteiger charge is 2.10. The normalized spacial score (nSPS) is 10.6. The van der Waals surface area contributed by atoms with E-state index in [1.807, 2.05) is 31.2 Å². The van der Waals surface area contributed by atoms with Crippen LogP contribution in [0, 0.1) is 6.92 Å². The molecular weight excluding hydrogens is 270 g/mol. The van der Waals surface area contributed by atoms with E-state index in [0.717, 1.165) is 11.3 Å². The molecule has 6 heteroatoms. The molecule has 0 atom stereocenters. The topological polar surface area (TPSA) is 87.4 Å². The maximum absolute atomic E-state index is 11.4. The summed E-state index contributed by atoms with van der Waals surface area (Å²) in [5.41, 5.74) is 5.00. The van der Waals surface area contributed by atoms with E-state index in [9.17, 15) is 4.79 Å². The molecule has 0 bridgehead atoms. The number of hydroxylamine groups is 1. The number of hydrogen-bond acceptors (Lipinski definition) is 5. The zero-order valence-electron chi connectivity index (χ0n) is 11.3. The summed E-state index contributed by atoms with van der Waals surface area (Å²) >= 11 is 0. The first-order valence-electron chi connectivity index (χ1n) is 6.34. The summed E-state index contributed by atoms with van der Waals surface area (Å²) in [6, 6.07) is 12.9. The second-order valence-electron chi connectivity index (χ2n) is 4.63. The molecule has 21 heavy (non-hydrogen) atoms. The molecule has 6 nitrogen and oxygen atoms in total. The zero-order chi connectivity index (χ0) is 14.8. The summed E-state index contributed by atoms with van der Waals surface area (Å²) in [4.78, 5) is 15.6. The molecule has 0 aliphatic carbocycles. The Morgan fingerprint density at radius 3 is 2.67 bits per heavy atom. The molecule has 0 radical (unpaired) electrons. The van der Waals surface area contributed by atoms with Crippen LogP contribution >= 0.6 is 0 Å². The molecule has 1 heterocycles. The second kappa shape index (κ2) is 5.26. The van der Waals surface area contributed by atoms with Gasteiger partial charge in [0, 0.05) is 11.3 Å². The van der Waals surface area contributed by atoms with Gasteiger partial charge in [-0.05, 0) is 37.3 Å². The van der Waals surface area contributed by atoms with Crippen LogP contribution in [-0.4, -0.2) is 16.1 Å². The van der Waals surface area contributed by atoms with Gasteiger partial charge in [0.25, 0.3) is 11.9 Å². The number of anilines is 2. The number of aryl methyl sites for hydroxylation is 1. The first-order valence-corrected chi connectivity index (χ1v) is 6.34. The van der Waals surface area contributed by atoms with Gasteiger partial charge in [0.2, 0.25) is 0 Å². The molecule has 0 aliphatic heterocycles. The molecule has 0 spiro atoms. The van der Waals surface area contributed by atoms with E-state index >= 15 is 0 Å². The minimum absolute atomic E-state index is 0.306. The van der Waals surface area contributed by atoms with Crippen molar-refractivity contribution in [3.05, 3.63) is 53.6 Å². The number of rotatable bonds is 3. The molecule has 0 fully saturated rings. The van der Waals surface area contributed by atoms with E-state index in [0.29, 0.717) is 22.7 Å². The van der Waals surface area contributed by atoms with Crippen molar-refractivity contribution in [2.75, 3.05) is 5.32 Å². The van der Waals surface area contributed by atoms with Crippen molar-refractivity contribution in [3.8, 4) is 0 Å². The van der Waals surface area contributed by atoms with Crippen LogP contribution in [0.4, 0.5) is 11.7 Å². The van der Waals surface area contributed by atoms with Crippen molar-refractivity contribution in [1.29, 1.82) is 0 Å². The van der Waals surface area contributed by atoms with Gasteiger partial charge in [0.05, 0.1) is 0 Å². The number of benzene rings is 2. The minimum Gasteiger partial charge on any atom is -0.423 e. The van der Waals surface area contributed by atoms with Crippen LogP contribution in [0.5, 0.6) is 0 Å². The number of nitrogens with one attached hydrogen (secondary N) is 2. The lowest BCUT2D eigenvalue weighted by Crippen LogP contribution is -2.18. The Morgan fingerprint density at radius 2 is 1.95 bits per heavy atom. The van der Waals surface area contributed by atoms with E-state index in [2.05, 4.69) is 10.3 Å². The Bertz CT molecular complexity index is 794. The fraction of sp³-hybridized carbons (Fsp3) is 0.0667. The fourth-order valence-corrected chi connectivity index (χ4v) is 1.95. The molecule has 2 aromatic carbocycles. The highest BCUT2D eigenvalue weighted by Crippen LogP contribution is 2.23. The largest absolute Gasteiger partial charge is 0.423 e. The van der Waals surface area contributed by atoms with Gasteiger partial charge in [-0.1, -0.05) is 17.7 Å². The molecule has 3 rings (SSSR count). The van der Waals surface area contributed by atoms with Crippen molar-refractivity contribution in [2.45, 2.75) is 6.92 Å². The van der Waals surface area contributed by atoms with E-state index in [4.69, 9.17) is 9.62 Å². The van der Waals surface area contributed by atoms with Crippen LogP contribution in [0.1, 0.15) is 15.9 Å². The fourth-order valence-electron chi connectivity index (χ4n) is 1.95. The van der Waals surface area contributed by atoms with E-state index < -0.39 is 5.91 Å². The van der Waals surface area contributed by atoms with E-state index in [1.54, 1.807) is 23.7 Å².